The van der Waals surface area contributed by atoms with Gasteiger partial charge in [0, 0.05) is 28.0 Å². The topological polar surface area (TPSA) is 12.0 Å². The van der Waals surface area contributed by atoms with Crippen molar-refractivity contribution in [2.45, 2.75) is 31.2 Å². The van der Waals surface area contributed by atoms with Crippen LogP contribution < -0.4 is 5.32 Å². The summed E-state index contributed by atoms with van der Waals surface area (Å²) in [6, 6.07) is 17.5. The maximum absolute atomic E-state index is 6.02. The Morgan fingerprint density at radius 2 is 1.81 bits per heavy atom. The van der Waals surface area contributed by atoms with E-state index in [1.54, 1.807) is 0 Å². The molecule has 1 atom stereocenters. The van der Waals surface area contributed by atoms with Gasteiger partial charge in [-0.2, -0.15) is 0 Å². The summed E-state index contributed by atoms with van der Waals surface area (Å²) in [6.45, 7) is 1.02. The minimum atomic E-state index is 0.474. The quantitative estimate of drug-likeness (QED) is 0.744. The first-order chi connectivity index (χ1) is 10.2. The molecule has 21 heavy (non-hydrogen) atoms. The molecule has 0 aliphatic heterocycles. The van der Waals surface area contributed by atoms with Crippen molar-refractivity contribution in [1.29, 1.82) is 0 Å². The van der Waals surface area contributed by atoms with Gasteiger partial charge in [0.25, 0.3) is 0 Å². The molecule has 1 aliphatic rings. The Morgan fingerprint density at radius 1 is 1.10 bits per heavy atom. The highest BCUT2D eigenvalue weighted by molar-refractivity contribution is 9.10. The molecule has 1 aliphatic carbocycles. The fourth-order valence-corrected chi connectivity index (χ4v) is 3.14. The zero-order chi connectivity index (χ0) is 14.7. The van der Waals surface area contributed by atoms with E-state index >= 15 is 0 Å². The van der Waals surface area contributed by atoms with E-state index in [1.165, 1.54) is 28.4 Å². The van der Waals surface area contributed by atoms with Gasteiger partial charge in [-0.25, -0.2) is 0 Å². The van der Waals surface area contributed by atoms with Crippen molar-refractivity contribution in [2.75, 3.05) is 6.54 Å². The molecule has 2 aromatic rings. The molecule has 0 bridgehead atoms. The lowest BCUT2D eigenvalue weighted by atomic mass is 9.92. The van der Waals surface area contributed by atoms with Crippen LogP contribution in [-0.4, -0.2) is 12.6 Å². The third kappa shape index (κ3) is 4.32. The number of halogens is 2. The first-order valence-corrected chi connectivity index (χ1v) is 8.62. The van der Waals surface area contributed by atoms with Crippen LogP contribution >= 0.6 is 27.5 Å². The number of hydrogen-bond acceptors (Lipinski definition) is 1. The third-order valence-electron chi connectivity index (χ3n) is 4.00. The van der Waals surface area contributed by atoms with Gasteiger partial charge >= 0.3 is 0 Å². The Hall–Kier alpha value is -0.830. The maximum atomic E-state index is 6.02. The van der Waals surface area contributed by atoms with Crippen molar-refractivity contribution in [3.05, 3.63) is 69.2 Å². The standard InChI is InChI=1S/C18H19BrClN/c19-18-4-2-1-3-14(18)11-15(12-21-17-9-10-17)13-5-7-16(20)8-6-13/h1-8,15,17,21H,9-12H2. The van der Waals surface area contributed by atoms with Gasteiger partial charge in [0.15, 0.2) is 0 Å². The Labute approximate surface area is 139 Å². The average molecular weight is 365 g/mol. The molecule has 1 N–H and O–H groups in total. The minimum absolute atomic E-state index is 0.474. The number of hydrogen-bond donors (Lipinski definition) is 1. The van der Waals surface area contributed by atoms with Crippen LogP contribution in [0.1, 0.15) is 29.9 Å². The van der Waals surface area contributed by atoms with Crippen LogP contribution in [0, 0.1) is 0 Å². The van der Waals surface area contributed by atoms with Gasteiger partial charge in [-0.3, -0.25) is 0 Å². The Kier molecular flexibility index (Phi) is 4.99. The van der Waals surface area contributed by atoms with Crippen molar-refractivity contribution < 1.29 is 0 Å². The third-order valence-corrected chi connectivity index (χ3v) is 5.02. The van der Waals surface area contributed by atoms with Gasteiger partial charge in [0.2, 0.25) is 0 Å². The summed E-state index contributed by atoms with van der Waals surface area (Å²) in [5.74, 6) is 0.474. The predicted octanol–water partition coefficient (Wildman–Crippen LogP) is 5.18. The highest BCUT2D eigenvalue weighted by Crippen LogP contribution is 2.27. The van der Waals surface area contributed by atoms with Crippen molar-refractivity contribution in [3.63, 3.8) is 0 Å². The molecular weight excluding hydrogens is 346 g/mol. The van der Waals surface area contributed by atoms with E-state index < -0.39 is 0 Å². The molecule has 3 heteroatoms. The van der Waals surface area contributed by atoms with Crippen LogP contribution in [0.5, 0.6) is 0 Å². The Balaban J connectivity index is 1.77. The lowest BCUT2D eigenvalue weighted by Gasteiger charge is -2.19. The summed E-state index contributed by atoms with van der Waals surface area (Å²) >= 11 is 9.68. The molecular formula is C18H19BrClN. The minimum Gasteiger partial charge on any atom is -0.313 e. The molecule has 2 aromatic carbocycles. The summed E-state index contributed by atoms with van der Waals surface area (Å²) in [6.07, 6.45) is 3.67. The molecule has 1 nitrogen and oxygen atoms in total. The van der Waals surface area contributed by atoms with Gasteiger partial charge < -0.3 is 5.32 Å². The van der Waals surface area contributed by atoms with E-state index in [9.17, 15) is 0 Å². The molecule has 0 aromatic heterocycles. The summed E-state index contributed by atoms with van der Waals surface area (Å²) in [5.41, 5.74) is 2.71. The second-order valence-corrected chi connectivity index (χ2v) is 7.02. The van der Waals surface area contributed by atoms with Gasteiger partial charge in [0.05, 0.1) is 0 Å². The number of rotatable bonds is 6. The van der Waals surface area contributed by atoms with E-state index in [0.29, 0.717) is 5.92 Å². The molecule has 1 unspecified atom stereocenters. The van der Waals surface area contributed by atoms with Crippen molar-refractivity contribution in [2.24, 2.45) is 0 Å². The molecule has 3 rings (SSSR count). The lowest BCUT2D eigenvalue weighted by Crippen LogP contribution is -2.24. The number of benzene rings is 2. The normalized spacial score (nSPS) is 15.9. The average Bonchev–Trinajstić information content (AvgIpc) is 3.31. The molecule has 110 valence electrons. The maximum Gasteiger partial charge on any atom is 0.0406 e. The molecule has 0 radical (unpaired) electrons. The van der Waals surface area contributed by atoms with Crippen molar-refractivity contribution in [3.8, 4) is 0 Å². The van der Waals surface area contributed by atoms with Gasteiger partial charge in [-0.15, -0.1) is 0 Å². The van der Waals surface area contributed by atoms with Crippen LogP contribution in [-0.2, 0) is 6.42 Å². The molecule has 0 saturated heterocycles. The fourth-order valence-electron chi connectivity index (χ4n) is 2.57. The zero-order valence-electron chi connectivity index (χ0n) is 11.9. The number of nitrogens with one attached hydrogen (secondary N) is 1. The summed E-state index contributed by atoms with van der Waals surface area (Å²) in [5, 5.41) is 4.46. The zero-order valence-corrected chi connectivity index (χ0v) is 14.2. The van der Waals surface area contributed by atoms with Crippen LogP contribution in [0.25, 0.3) is 0 Å². The molecule has 1 saturated carbocycles. The summed E-state index contributed by atoms with van der Waals surface area (Å²) < 4.78 is 1.19. The van der Waals surface area contributed by atoms with Crippen LogP contribution in [0.2, 0.25) is 5.02 Å². The smallest absolute Gasteiger partial charge is 0.0406 e. The van der Waals surface area contributed by atoms with E-state index in [4.69, 9.17) is 11.6 Å². The second kappa shape index (κ2) is 6.95. The van der Waals surface area contributed by atoms with Gasteiger partial charge in [0.1, 0.15) is 0 Å². The lowest BCUT2D eigenvalue weighted by molar-refractivity contribution is 0.576. The first kappa shape index (κ1) is 15.1. The fraction of sp³-hybridized carbons (Fsp3) is 0.333. The first-order valence-electron chi connectivity index (χ1n) is 7.44. The van der Waals surface area contributed by atoms with E-state index in [-0.39, 0.29) is 0 Å². The van der Waals surface area contributed by atoms with Crippen molar-refractivity contribution >= 4 is 27.5 Å². The highest BCUT2D eigenvalue weighted by Gasteiger charge is 2.23. The van der Waals surface area contributed by atoms with E-state index in [0.717, 1.165) is 24.0 Å². The highest BCUT2D eigenvalue weighted by atomic mass is 79.9. The van der Waals surface area contributed by atoms with Crippen LogP contribution in [0.3, 0.4) is 0 Å². The van der Waals surface area contributed by atoms with Gasteiger partial charge in [-0.05, 0) is 48.6 Å². The Bertz CT molecular complexity index is 592. The van der Waals surface area contributed by atoms with Gasteiger partial charge in [-0.1, -0.05) is 57.9 Å². The van der Waals surface area contributed by atoms with Crippen LogP contribution in [0.4, 0.5) is 0 Å². The monoisotopic (exact) mass is 363 g/mol. The van der Waals surface area contributed by atoms with Crippen LogP contribution in [0.15, 0.2) is 53.0 Å². The molecule has 0 spiro atoms. The SMILES string of the molecule is Clc1ccc(C(CNC2CC2)Cc2ccccc2Br)cc1. The predicted molar refractivity (Wildman–Crippen MR) is 93.1 cm³/mol. The molecule has 0 heterocycles. The van der Waals surface area contributed by atoms with Crippen molar-refractivity contribution in [1.82, 2.24) is 5.32 Å². The van der Waals surface area contributed by atoms with E-state index in [2.05, 4.69) is 57.6 Å². The second-order valence-electron chi connectivity index (χ2n) is 5.73. The molecule has 1 fully saturated rings. The molecule has 0 amide bonds. The van der Waals surface area contributed by atoms with E-state index in [1.807, 2.05) is 12.1 Å². The summed E-state index contributed by atoms with van der Waals surface area (Å²) in [4.78, 5) is 0. The largest absolute Gasteiger partial charge is 0.313 e. The Morgan fingerprint density at radius 3 is 2.48 bits per heavy atom. The summed E-state index contributed by atoms with van der Waals surface area (Å²) in [7, 11) is 0.